The summed E-state index contributed by atoms with van der Waals surface area (Å²) in [6.45, 7) is 8.07. The lowest BCUT2D eigenvalue weighted by Crippen LogP contribution is -2.41. The Bertz CT molecular complexity index is 379. The molecule has 0 saturated carbocycles. The third-order valence-electron chi connectivity index (χ3n) is 3.63. The van der Waals surface area contributed by atoms with Gasteiger partial charge in [0.15, 0.2) is 0 Å². The van der Waals surface area contributed by atoms with Gasteiger partial charge in [0, 0.05) is 12.4 Å². The van der Waals surface area contributed by atoms with Crippen molar-refractivity contribution < 1.29 is 9.31 Å². The molecule has 0 aliphatic carbocycles. The van der Waals surface area contributed by atoms with E-state index in [1.54, 1.807) is 12.4 Å². The average Bonchev–Trinajstić information content (AvgIpc) is 2.48. The van der Waals surface area contributed by atoms with E-state index in [2.05, 4.69) is 4.98 Å². The second-order valence-electron chi connectivity index (χ2n) is 5.44. The summed E-state index contributed by atoms with van der Waals surface area (Å²) in [5.74, 6) is -0.315. The summed E-state index contributed by atoms with van der Waals surface area (Å²) in [7, 11) is -0.427. The Labute approximate surface area is 103 Å². The SMILES string of the molecule is CC1(C)OB([C@@H](N)c2cccnc2)OC1(C)C. The van der Waals surface area contributed by atoms with Gasteiger partial charge < -0.3 is 15.0 Å². The molecule has 5 heteroatoms. The van der Waals surface area contributed by atoms with Gasteiger partial charge in [-0.1, -0.05) is 6.07 Å². The molecule has 92 valence electrons. The van der Waals surface area contributed by atoms with E-state index < -0.39 is 7.12 Å². The van der Waals surface area contributed by atoms with Gasteiger partial charge in [0.25, 0.3) is 0 Å². The van der Waals surface area contributed by atoms with Crippen LogP contribution in [0.4, 0.5) is 0 Å². The number of hydrogen-bond acceptors (Lipinski definition) is 4. The first-order valence-electron chi connectivity index (χ1n) is 5.85. The van der Waals surface area contributed by atoms with Gasteiger partial charge in [-0.05, 0) is 39.3 Å². The Hall–Kier alpha value is -0.905. The van der Waals surface area contributed by atoms with Gasteiger partial charge in [0.1, 0.15) is 0 Å². The Morgan fingerprint density at radius 3 is 2.29 bits per heavy atom. The van der Waals surface area contributed by atoms with E-state index in [0.29, 0.717) is 0 Å². The monoisotopic (exact) mass is 234 g/mol. The summed E-state index contributed by atoms with van der Waals surface area (Å²) in [5.41, 5.74) is 6.38. The largest absolute Gasteiger partial charge is 0.480 e. The molecule has 1 aromatic rings. The second-order valence-corrected chi connectivity index (χ2v) is 5.44. The van der Waals surface area contributed by atoms with E-state index in [9.17, 15) is 0 Å². The highest BCUT2D eigenvalue weighted by molar-refractivity contribution is 6.47. The van der Waals surface area contributed by atoms with Crippen molar-refractivity contribution in [2.45, 2.75) is 44.8 Å². The lowest BCUT2D eigenvalue weighted by Gasteiger charge is -2.32. The smallest absolute Gasteiger partial charge is 0.402 e. The molecule has 2 heterocycles. The van der Waals surface area contributed by atoms with E-state index in [-0.39, 0.29) is 17.1 Å². The number of nitrogens with zero attached hydrogens (tertiary/aromatic N) is 1. The zero-order valence-corrected chi connectivity index (χ0v) is 10.8. The van der Waals surface area contributed by atoms with Crippen LogP contribution >= 0.6 is 0 Å². The van der Waals surface area contributed by atoms with Crippen LogP contribution in [0.3, 0.4) is 0 Å². The molecule has 1 aliphatic rings. The van der Waals surface area contributed by atoms with Crippen molar-refractivity contribution in [2.75, 3.05) is 0 Å². The predicted octanol–water partition coefficient (Wildman–Crippen LogP) is 1.71. The molecule has 0 radical (unpaired) electrons. The van der Waals surface area contributed by atoms with Crippen molar-refractivity contribution in [1.82, 2.24) is 4.98 Å². The molecule has 1 aromatic heterocycles. The van der Waals surface area contributed by atoms with E-state index in [0.717, 1.165) is 5.56 Å². The zero-order chi connectivity index (χ0) is 12.7. The maximum atomic E-state index is 6.15. The number of aromatic nitrogens is 1. The van der Waals surface area contributed by atoms with Crippen molar-refractivity contribution in [3.05, 3.63) is 30.1 Å². The highest BCUT2D eigenvalue weighted by atomic mass is 16.7. The van der Waals surface area contributed by atoms with Crippen LogP contribution < -0.4 is 5.73 Å². The Balaban J connectivity index is 2.17. The molecule has 0 unspecified atom stereocenters. The van der Waals surface area contributed by atoms with Crippen LogP contribution in [0.5, 0.6) is 0 Å². The average molecular weight is 234 g/mol. The topological polar surface area (TPSA) is 57.4 Å². The maximum absolute atomic E-state index is 6.15. The van der Waals surface area contributed by atoms with Crippen LogP contribution in [0.1, 0.15) is 39.2 Å². The minimum atomic E-state index is -0.427. The quantitative estimate of drug-likeness (QED) is 0.791. The first-order chi connectivity index (χ1) is 7.83. The van der Waals surface area contributed by atoms with Gasteiger partial charge >= 0.3 is 7.12 Å². The summed E-state index contributed by atoms with van der Waals surface area (Å²) in [5, 5.41) is 0. The van der Waals surface area contributed by atoms with E-state index in [4.69, 9.17) is 15.0 Å². The standard InChI is InChI=1S/C12H19BN2O2/c1-11(2)12(3,4)17-13(16-11)10(14)9-6-5-7-15-8-9/h5-8,10H,14H2,1-4H3/t10-/m0/s1. The Morgan fingerprint density at radius 1 is 1.24 bits per heavy atom. The van der Waals surface area contributed by atoms with Crippen molar-refractivity contribution in [2.24, 2.45) is 5.73 Å². The second kappa shape index (κ2) is 4.08. The number of nitrogens with two attached hydrogens (primary N) is 1. The fraction of sp³-hybridized carbons (Fsp3) is 0.583. The summed E-state index contributed by atoms with van der Waals surface area (Å²) in [6, 6.07) is 3.79. The van der Waals surface area contributed by atoms with Crippen LogP contribution in [-0.2, 0) is 9.31 Å². The minimum Gasteiger partial charge on any atom is -0.402 e. The van der Waals surface area contributed by atoms with Crippen molar-refractivity contribution in [3.63, 3.8) is 0 Å². The summed E-state index contributed by atoms with van der Waals surface area (Å²) >= 11 is 0. The summed E-state index contributed by atoms with van der Waals surface area (Å²) in [6.07, 6.45) is 3.47. The molecular weight excluding hydrogens is 215 g/mol. The summed E-state index contributed by atoms with van der Waals surface area (Å²) < 4.78 is 11.8. The van der Waals surface area contributed by atoms with Crippen LogP contribution in [0.25, 0.3) is 0 Å². The highest BCUT2D eigenvalue weighted by Gasteiger charge is 2.53. The van der Waals surface area contributed by atoms with Crippen LogP contribution in [0, 0.1) is 0 Å². The third kappa shape index (κ3) is 2.23. The van der Waals surface area contributed by atoms with Crippen molar-refractivity contribution in [3.8, 4) is 0 Å². The number of rotatable bonds is 2. The van der Waals surface area contributed by atoms with E-state index in [1.807, 2.05) is 39.8 Å². The molecule has 2 rings (SSSR count). The number of pyridine rings is 1. The van der Waals surface area contributed by atoms with Crippen LogP contribution in [0.15, 0.2) is 24.5 Å². The molecular formula is C12H19BN2O2. The Morgan fingerprint density at radius 2 is 1.82 bits per heavy atom. The van der Waals surface area contributed by atoms with Crippen molar-refractivity contribution in [1.29, 1.82) is 0 Å². The minimum absolute atomic E-state index is 0.315. The number of hydrogen-bond donors (Lipinski definition) is 1. The zero-order valence-electron chi connectivity index (χ0n) is 10.8. The van der Waals surface area contributed by atoms with Crippen LogP contribution in [-0.4, -0.2) is 23.3 Å². The maximum Gasteiger partial charge on any atom is 0.480 e. The molecule has 4 nitrogen and oxygen atoms in total. The van der Waals surface area contributed by atoms with Crippen LogP contribution in [0.2, 0.25) is 0 Å². The first kappa shape index (κ1) is 12.5. The molecule has 1 aliphatic heterocycles. The Kier molecular flexibility index (Phi) is 3.02. The molecule has 0 spiro atoms. The molecule has 2 N–H and O–H groups in total. The normalized spacial score (nSPS) is 23.7. The van der Waals surface area contributed by atoms with Gasteiger partial charge in [-0.3, -0.25) is 4.98 Å². The fourth-order valence-electron chi connectivity index (χ4n) is 1.77. The van der Waals surface area contributed by atoms with E-state index in [1.165, 1.54) is 0 Å². The van der Waals surface area contributed by atoms with E-state index >= 15 is 0 Å². The fourth-order valence-corrected chi connectivity index (χ4v) is 1.77. The van der Waals surface area contributed by atoms with Gasteiger partial charge in [-0.2, -0.15) is 0 Å². The molecule has 0 amide bonds. The third-order valence-corrected chi connectivity index (χ3v) is 3.63. The first-order valence-corrected chi connectivity index (χ1v) is 5.85. The molecule has 17 heavy (non-hydrogen) atoms. The molecule has 1 fully saturated rings. The predicted molar refractivity (Wildman–Crippen MR) is 67.2 cm³/mol. The van der Waals surface area contributed by atoms with Gasteiger partial charge in [-0.15, -0.1) is 0 Å². The lowest BCUT2D eigenvalue weighted by atomic mass is 9.75. The molecule has 0 aromatic carbocycles. The van der Waals surface area contributed by atoms with Gasteiger partial charge in [0.05, 0.1) is 17.1 Å². The molecule has 1 atom stereocenters. The highest BCUT2D eigenvalue weighted by Crippen LogP contribution is 2.39. The summed E-state index contributed by atoms with van der Waals surface area (Å²) in [4.78, 5) is 4.06. The van der Waals surface area contributed by atoms with Gasteiger partial charge in [0.2, 0.25) is 0 Å². The molecule has 0 bridgehead atoms. The van der Waals surface area contributed by atoms with Crippen molar-refractivity contribution >= 4 is 7.12 Å². The molecule has 1 saturated heterocycles. The van der Waals surface area contributed by atoms with Gasteiger partial charge in [-0.25, -0.2) is 0 Å². The lowest BCUT2D eigenvalue weighted by molar-refractivity contribution is 0.00578.